The van der Waals surface area contributed by atoms with Crippen LogP contribution in [0.25, 0.3) is 0 Å². The lowest BCUT2D eigenvalue weighted by Gasteiger charge is -2.16. The van der Waals surface area contributed by atoms with Gasteiger partial charge >= 0.3 is 0 Å². The number of nitrogens with zero attached hydrogens (tertiary/aromatic N) is 1. The van der Waals surface area contributed by atoms with E-state index >= 15 is 0 Å². The Balaban J connectivity index is 3.52. The zero-order valence-corrected chi connectivity index (χ0v) is 8.91. The third kappa shape index (κ3) is 8.96. The van der Waals surface area contributed by atoms with Gasteiger partial charge in [0.05, 0.1) is 0 Å². The summed E-state index contributed by atoms with van der Waals surface area (Å²) in [6, 6.07) is 0. The van der Waals surface area contributed by atoms with E-state index in [2.05, 4.69) is 4.84 Å². The minimum Gasteiger partial charge on any atom is -0.313 e. The van der Waals surface area contributed by atoms with Crippen LogP contribution in [0.4, 0.5) is 0 Å². The lowest BCUT2D eigenvalue weighted by atomic mass is 9.89. The molecule has 0 atom stereocenters. The number of hydrogen-bond acceptors (Lipinski definition) is 4. The predicted molar refractivity (Wildman–Crippen MR) is 51.3 cm³/mol. The molecule has 0 saturated carbocycles. The Morgan fingerprint density at radius 1 is 1.36 bits per heavy atom. The summed E-state index contributed by atoms with van der Waals surface area (Å²) < 4.78 is 0. The number of carbonyl (C=O) groups excluding carboxylic acids is 1. The Hall–Kier alpha value is -1.13. The maximum absolute atomic E-state index is 11.2. The van der Waals surface area contributed by atoms with Gasteiger partial charge in [-0.1, -0.05) is 20.8 Å². The van der Waals surface area contributed by atoms with Crippen LogP contribution in [0.2, 0.25) is 0 Å². The van der Waals surface area contributed by atoms with E-state index in [0.717, 1.165) is 6.42 Å². The highest BCUT2D eigenvalue weighted by molar-refractivity contribution is 5.78. The molecule has 14 heavy (non-hydrogen) atoms. The fourth-order valence-corrected chi connectivity index (χ4v) is 0.873. The number of carbonyl (C=O) groups is 1. The Morgan fingerprint density at radius 2 is 1.93 bits per heavy atom. The summed E-state index contributed by atoms with van der Waals surface area (Å²) in [7, 11) is 0. The van der Waals surface area contributed by atoms with Crippen molar-refractivity contribution in [1.82, 2.24) is 0 Å². The van der Waals surface area contributed by atoms with E-state index < -0.39 is 5.09 Å². The molecule has 0 bridgehead atoms. The average Bonchev–Trinajstić information content (AvgIpc) is 1.99. The van der Waals surface area contributed by atoms with E-state index in [1.807, 2.05) is 20.8 Å². The first-order valence-corrected chi connectivity index (χ1v) is 4.60. The zero-order valence-electron chi connectivity index (χ0n) is 8.91. The molecular formula is C9H17NO4. The lowest BCUT2D eigenvalue weighted by molar-refractivity contribution is -0.757. The van der Waals surface area contributed by atoms with Gasteiger partial charge in [0, 0.05) is 12.8 Å². The Bertz CT molecular complexity index is 207. The molecule has 0 spiro atoms. The van der Waals surface area contributed by atoms with Crippen LogP contribution < -0.4 is 0 Å². The molecule has 5 nitrogen and oxygen atoms in total. The molecule has 0 unspecified atom stereocenters. The van der Waals surface area contributed by atoms with Crippen molar-refractivity contribution in [3.63, 3.8) is 0 Å². The molecule has 0 rings (SSSR count). The van der Waals surface area contributed by atoms with Gasteiger partial charge in [-0.3, -0.25) is 4.79 Å². The molecule has 0 N–H and O–H groups in total. The molecule has 0 saturated heterocycles. The molecule has 0 fully saturated rings. The van der Waals surface area contributed by atoms with Crippen LogP contribution in [0, 0.1) is 15.5 Å². The highest BCUT2D eigenvalue weighted by atomic mass is 16.9. The van der Waals surface area contributed by atoms with Crippen molar-refractivity contribution in [1.29, 1.82) is 0 Å². The van der Waals surface area contributed by atoms with Crippen LogP contribution in [0.5, 0.6) is 0 Å². The summed E-state index contributed by atoms with van der Waals surface area (Å²) in [5, 5.41) is 8.89. The minimum absolute atomic E-state index is 0.0155. The van der Waals surface area contributed by atoms with Gasteiger partial charge < -0.3 is 4.84 Å². The molecular weight excluding hydrogens is 186 g/mol. The predicted octanol–water partition coefficient (Wildman–Crippen LogP) is 1.98. The van der Waals surface area contributed by atoms with E-state index in [9.17, 15) is 14.9 Å². The van der Waals surface area contributed by atoms with E-state index in [1.54, 1.807) is 0 Å². The van der Waals surface area contributed by atoms with Gasteiger partial charge in [-0.05, 0) is 11.8 Å². The number of hydrogen-bond donors (Lipinski definition) is 0. The molecule has 5 heteroatoms. The minimum atomic E-state index is -0.878. The fourth-order valence-electron chi connectivity index (χ4n) is 0.873. The maximum atomic E-state index is 11.2. The van der Waals surface area contributed by atoms with Crippen molar-refractivity contribution >= 4 is 5.78 Å². The van der Waals surface area contributed by atoms with E-state index in [1.165, 1.54) is 0 Å². The Morgan fingerprint density at radius 3 is 2.36 bits per heavy atom. The van der Waals surface area contributed by atoms with Gasteiger partial charge in [-0.2, -0.15) is 0 Å². The molecule has 82 valence electrons. The van der Waals surface area contributed by atoms with Crippen molar-refractivity contribution in [2.75, 3.05) is 6.61 Å². The summed E-state index contributed by atoms with van der Waals surface area (Å²) in [6.07, 6.45) is 1.38. The first-order valence-electron chi connectivity index (χ1n) is 4.60. The molecule has 0 aromatic rings. The SMILES string of the molecule is CC(C)(C)CCC(=O)CCO[N+](=O)[O-]. The normalized spacial score (nSPS) is 11.1. The van der Waals surface area contributed by atoms with Gasteiger partial charge in [0.2, 0.25) is 0 Å². The lowest BCUT2D eigenvalue weighted by Crippen LogP contribution is -2.11. The summed E-state index contributed by atoms with van der Waals surface area (Å²) >= 11 is 0. The van der Waals surface area contributed by atoms with E-state index in [0.29, 0.717) is 6.42 Å². The van der Waals surface area contributed by atoms with Crippen molar-refractivity contribution in [3.8, 4) is 0 Å². The van der Waals surface area contributed by atoms with Crippen LogP contribution in [0.15, 0.2) is 0 Å². The molecule has 0 heterocycles. The number of ketones is 1. The van der Waals surface area contributed by atoms with Gasteiger partial charge in [0.15, 0.2) is 0 Å². The summed E-state index contributed by atoms with van der Waals surface area (Å²) in [6.45, 7) is 6.02. The van der Waals surface area contributed by atoms with E-state index in [4.69, 9.17) is 0 Å². The third-order valence-corrected chi connectivity index (χ3v) is 1.73. The topological polar surface area (TPSA) is 69.4 Å². The molecule has 0 amide bonds. The maximum Gasteiger partial charge on any atom is 0.294 e. The fraction of sp³-hybridized carbons (Fsp3) is 0.889. The first-order chi connectivity index (χ1) is 6.31. The number of Topliss-reactive ketones (excluding diaryl/α,β-unsaturated/α-hetero) is 1. The van der Waals surface area contributed by atoms with Crippen LogP contribution in [-0.4, -0.2) is 17.5 Å². The second kappa shape index (κ2) is 5.57. The molecule has 0 aliphatic rings. The highest BCUT2D eigenvalue weighted by Crippen LogP contribution is 2.20. The molecule has 0 aromatic heterocycles. The van der Waals surface area contributed by atoms with E-state index in [-0.39, 0.29) is 24.2 Å². The number of rotatable bonds is 6. The van der Waals surface area contributed by atoms with Crippen LogP contribution in [0.3, 0.4) is 0 Å². The molecule has 0 aliphatic heterocycles. The van der Waals surface area contributed by atoms with Crippen LogP contribution in [0.1, 0.15) is 40.0 Å². The van der Waals surface area contributed by atoms with Gasteiger partial charge in [0.25, 0.3) is 5.09 Å². The van der Waals surface area contributed by atoms with Gasteiger partial charge in [-0.25, -0.2) is 0 Å². The highest BCUT2D eigenvalue weighted by Gasteiger charge is 2.12. The summed E-state index contributed by atoms with van der Waals surface area (Å²) in [4.78, 5) is 25.0. The summed E-state index contributed by atoms with van der Waals surface area (Å²) in [5.74, 6) is 0.0155. The average molecular weight is 203 g/mol. The summed E-state index contributed by atoms with van der Waals surface area (Å²) in [5.41, 5.74) is 0.125. The van der Waals surface area contributed by atoms with Crippen molar-refractivity contribution in [3.05, 3.63) is 10.1 Å². The molecule has 0 aromatic carbocycles. The third-order valence-electron chi connectivity index (χ3n) is 1.73. The standard InChI is InChI=1S/C9H17NO4/c1-9(2,3)6-4-8(11)5-7-14-10(12)13/h4-7H2,1-3H3. The molecule has 0 radical (unpaired) electrons. The van der Waals surface area contributed by atoms with Crippen molar-refractivity contribution in [2.45, 2.75) is 40.0 Å². The van der Waals surface area contributed by atoms with Gasteiger partial charge in [-0.15, -0.1) is 10.1 Å². The van der Waals surface area contributed by atoms with Crippen molar-refractivity contribution in [2.24, 2.45) is 5.41 Å². The molecule has 0 aliphatic carbocycles. The second-order valence-electron chi connectivity index (χ2n) is 4.41. The van der Waals surface area contributed by atoms with Gasteiger partial charge in [0.1, 0.15) is 12.4 Å². The van der Waals surface area contributed by atoms with Crippen molar-refractivity contribution < 1.29 is 14.7 Å². The smallest absolute Gasteiger partial charge is 0.294 e. The largest absolute Gasteiger partial charge is 0.313 e. The van der Waals surface area contributed by atoms with Crippen LogP contribution >= 0.6 is 0 Å². The van der Waals surface area contributed by atoms with Crippen LogP contribution in [-0.2, 0) is 9.63 Å². The monoisotopic (exact) mass is 203 g/mol. The second-order valence-corrected chi connectivity index (χ2v) is 4.41. The Kier molecular flexibility index (Phi) is 5.12. The quantitative estimate of drug-likeness (QED) is 0.489. The first kappa shape index (κ1) is 12.9. The Labute approximate surface area is 83.5 Å². The zero-order chi connectivity index (χ0) is 11.2.